The van der Waals surface area contributed by atoms with Crippen LogP contribution in [-0.2, 0) is 6.54 Å². The van der Waals surface area contributed by atoms with Crippen molar-refractivity contribution in [2.24, 2.45) is 0 Å². The van der Waals surface area contributed by atoms with Crippen molar-refractivity contribution in [2.75, 3.05) is 0 Å². The Labute approximate surface area is 88.2 Å². The Morgan fingerprint density at radius 1 is 1.50 bits per heavy atom. The Morgan fingerprint density at radius 3 is 3.07 bits per heavy atom. The summed E-state index contributed by atoms with van der Waals surface area (Å²) in [6, 6.07) is 0.283. The SMILES string of the molecule is O[C@H]1CCCC[C@H]1NCc1cncs1. The van der Waals surface area contributed by atoms with Crippen molar-refractivity contribution in [3.05, 3.63) is 16.6 Å². The van der Waals surface area contributed by atoms with E-state index >= 15 is 0 Å². The van der Waals surface area contributed by atoms with Crippen molar-refractivity contribution in [1.82, 2.24) is 10.3 Å². The molecule has 1 aromatic rings. The molecule has 0 spiro atoms. The van der Waals surface area contributed by atoms with Crippen LogP contribution in [0.2, 0.25) is 0 Å². The number of aliphatic hydroxyl groups excluding tert-OH is 1. The molecule has 0 aromatic carbocycles. The quantitative estimate of drug-likeness (QED) is 0.799. The zero-order chi connectivity index (χ0) is 9.80. The van der Waals surface area contributed by atoms with Crippen molar-refractivity contribution in [1.29, 1.82) is 0 Å². The van der Waals surface area contributed by atoms with E-state index in [1.54, 1.807) is 11.3 Å². The Morgan fingerprint density at radius 2 is 2.36 bits per heavy atom. The lowest BCUT2D eigenvalue weighted by Gasteiger charge is -2.28. The van der Waals surface area contributed by atoms with E-state index in [-0.39, 0.29) is 12.1 Å². The van der Waals surface area contributed by atoms with Crippen LogP contribution in [0.5, 0.6) is 0 Å². The zero-order valence-corrected chi connectivity index (χ0v) is 8.96. The Bertz CT molecular complexity index is 263. The van der Waals surface area contributed by atoms with E-state index < -0.39 is 0 Å². The van der Waals surface area contributed by atoms with Gasteiger partial charge in [0, 0.05) is 23.7 Å². The third kappa shape index (κ3) is 2.53. The topological polar surface area (TPSA) is 45.1 Å². The van der Waals surface area contributed by atoms with Crippen LogP contribution in [0, 0.1) is 0 Å². The molecule has 2 atom stereocenters. The molecule has 0 bridgehead atoms. The van der Waals surface area contributed by atoms with Crippen molar-refractivity contribution < 1.29 is 5.11 Å². The molecule has 0 radical (unpaired) electrons. The summed E-state index contributed by atoms with van der Waals surface area (Å²) >= 11 is 1.66. The van der Waals surface area contributed by atoms with Crippen LogP contribution in [0.4, 0.5) is 0 Å². The lowest BCUT2D eigenvalue weighted by molar-refractivity contribution is 0.0904. The van der Waals surface area contributed by atoms with Crippen molar-refractivity contribution in [3.63, 3.8) is 0 Å². The van der Waals surface area contributed by atoms with Gasteiger partial charge in [0.2, 0.25) is 0 Å². The summed E-state index contributed by atoms with van der Waals surface area (Å²) < 4.78 is 0. The van der Waals surface area contributed by atoms with E-state index in [0.29, 0.717) is 0 Å². The summed E-state index contributed by atoms with van der Waals surface area (Å²) in [5.74, 6) is 0. The third-order valence-electron chi connectivity index (χ3n) is 2.75. The first-order valence-corrected chi connectivity index (χ1v) is 6.03. The number of hydrogen-bond donors (Lipinski definition) is 2. The molecule has 1 fully saturated rings. The first kappa shape index (κ1) is 10.1. The molecule has 1 saturated carbocycles. The predicted molar refractivity (Wildman–Crippen MR) is 57.2 cm³/mol. The van der Waals surface area contributed by atoms with Gasteiger partial charge in [0.25, 0.3) is 0 Å². The third-order valence-corrected chi connectivity index (χ3v) is 3.53. The molecule has 1 heterocycles. The number of aliphatic hydroxyl groups is 1. The lowest BCUT2D eigenvalue weighted by Crippen LogP contribution is -2.41. The molecule has 0 saturated heterocycles. The van der Waals surface area contributed by atoms with Gasteiger partial charge in [-0.1, -0.05) is 12.8 Å². The van der Waals surface area contributed by atoms with Crippen molar-refractivity contribution in [2.45, 2.75) is 44.4 Å². The van der Waals surface area contributed by atoms with Gasteiger partial charge in [0.15, 0.2) is 0 Å². The number of thiazole rings is 1. The van der Waals surface area contributed by atoms with Crippen LogP contribution in [0.25, 0.3) is 0 Å². The maximum atomic E-state index is 9.72. The first-order valence-electron chi connectivity index (χ1n) is 5.15. The van der Waals surface area contributed by atoms with Gasteiger partial charge in [0.05, 0.1) is 11.6 Å². The molecule has 1 aliphatic rings. The van der Waals surface area contributed by atoms with Crippen LogP contribution in [0.15, 0.2) is 11.7 Å². The van der Waals surface area contributed by atoms with Gasteiger partial charge >= 0.3 is 0 Å². The fourth-order valence-electron chi connectivity index (χ4n) is 1.91. The van der Waals surface area contributed by atoms with E-state index in [9.17, 15) is 5.11 Å². The minimum atomic E-state index is -0.156. The largest absolute Gasteiger partial charge is 0.392 e. The van der Waals surface area contributed by atoms with Gasteiger partial charge < -0.3 is 10.4 Å². The Kier molecular flexibility index (Phi) is 3.50. The summed E-state index contributed by atoms with van der Waals surface area (Å²) in [6.07, 6.45) is 6.17. The summed E-state index contributed by atoms with van der Waals surface area (Å²) in [6.45, 7) is 0.840. The molecule has 0 amide bonds. The summed E-state index contributed by atoms with van der Waals surface area (Å²) in [5.41, 5.74) is 1.84. The van der Waals surface area contributed by atoms with E-state index in [2.05, 4.69) is 10.3 Å². The maximum absolute atomic E-state index is 9.72. The fraction of sp³-hybridized carbons (Fsp3) is 0.700. The molecule has 1 aliphatic carbocycles. The van der Waals surface area contributed by atoms with Gasteiger partial charge in [-0.2, -0.15) is 0 Å². The highest BCUT2D eigenvalue weighted by molar-refractivity contribution is 7.09. The van der Waals surface area contributed by atoms with Crippen LogP contribution in [-0.4, -0.2) is 22.2 Å². The van der Waals surface area contributed by atoms with E-state index in [0.717, 1.165) is 19.4 Å². The standard InChI is InChI=1S/C10H16N2OS/c13-10-4-2-1-3-9(10)12-6-8-5-11-7-14-8/h5,7,9-10,12-13H,1-4,6H2/t9-,10+/m1/s1. The van der Waals surface area contributed by atoms with E-state index in [1.165, 1.54) is 17.7 Å². The normalized spacial score (nSPS) is 27.8. The first-order chi connectivity index (χ1) is 6.86. The summed E-state index contributed by atoms with van der Waals surface area (Å²) in [7, 11) is 0. The smallest absolute Gasteiger partial charge is 0.0794 e. The molecular formula is C10H16N2OS. The summed E-state index contributed by atoms with van der Waals surface area (Å²) in [4.78, 5) is 5.26. The minimum absolute atomic E-state index is 0.156. The zero-order valence-electron chi connectivity index (χ0n) is 8.15. The van der Waals surface area contributed by atoms with Crippen molar-refractivity contribution >= 4 is 11.3 Å². The fourth-order valence-corrected chi connectivity index (χ4v) is 2.46. The average Bonchev–Trinajstić information content (AvgIpc) is 2.69. The number of nitrogens with one attached hydrogen (secondary N) is 1. The van der Waals surface area contributed by atoms with Crippen molar-refractivity contribution in [3.8, 4) is 0 Å². The highest BCUT2D eigenvalue weighted by atomic mass is 32.1. The minimum Gasteiger partial charge on any atom is -0.392 e. The van der Waals surface area contributed by atoms with E-state index in [4.69, 9.17) is 0 Å². The number of rotatable bonds is 3. The van der Waals surface area contributed by atoms with Gasteiger partial charge in [-0.3, -0.25) is 4.98 Å². The van der Waals surface area contributed by atoms with Crippen LogP contribution < -0.4 is 5.32 Å². The van der Waals surface area contributed by atoms with Gasteiger partial charge in [-0.25, -0.2) is 0 Å². The monoisotopic (exact) mass is 212 g/mol. The van der Waals surface area contributed by atoms with E-state index in [1.807, 2.05) is 11.7 Å². The molecule has 4 heteroatoms. The van der Waals surface area contributed by atoms with Gasteiger partial charge in [-0.15, -0.1) is 11.3 Å². The predicted octanol–water partition coefficient (Wildman–Crippen LogP) is 1.54. The number of aromatic nitrogens is 1. The number of nitrogens with zero attached hydrogens (tertiary/aromatic N) is 1. The molecule has 0 aliphatic heterocycles. The average molecular weight is 212 g/mol. The molecule has 2 rings (SSSR count). The molecular weight excluding hydrogens is 196 g/mol. The maximum Gasteiger partial charge on any atom is 0.0794 e. The van der Waals surface area contributed by atoms with Crippen LogP contribution in [0.1, 0.15) is 30.6 Å². The Hall–Kier alpha value is -0.450. The number of hydrogen-bond acceptors (Lipinski definition) is 4. The second-order valence-electron chi connectivity index (χ2n) is 3.81. The molecule has 3 nitrogen and oxygen atoms in total. The molecule has 78 valence electrons. The summed E-state index contributed by atoms with van der Waals surface area (Å²) in [5, 5.41) is 13.1. The molecule has 2 N–H and O–H groups in total. The van der Waals surface area contributed by atoms with Gasteiger partial charge in [0.1, 0.15) is 0 Å². The van der Waals surface area contributed by atoms with Crippen LogP contribution in [0.3, 0.4) is 0 Å². The van der Waals surface area contributed by atoms with Gasteiger partial charge in [-0.05, 0) is 12.8 Å². The molecule has 0 unspecified atom stereocenters. The second kappa shape index (κ2) is 4.87. The highest BCUT2D eigenvalue weighted by Crippen LogP contribution is 2.19. The highest BCUT2D eigenvalue weighted by Gasteiger charge is 2.22. The van der Waals surface area contributed by atoms with Crippen LogP contribution >= 0.6 is 11.3 Å². The Balaban J connectivity index is 1.79. The second-order valence-corrected chi connectivity index (χ2v) is 4.78. The lowest BCUT2D eigenvalue weighted by atomic mass is 9.93. The molecule has 14 heavy (non-hydrogen) atoms. The molecule has 1 aromatic heterocycles.